The van der Waals surface area contributed by atoms with Crippen LogP contribution in [0.3, 0.4) is 0 Å². The molecule has 21 heavy (non-hydrogen) atoms. The lowest BCUT2D eigenvalue weighted by molar-refractivity contribution is -0.141. The fraction of sp³-hybridized carbons (Fsp3) is 0.214. The summed E-state index contributed by atoms with van der Waals surface area (Å²) in [6, 6.07) is 8.87. The van der Waals surface area contributed by atoms with Gasteiger partial charge in [0.1, 0.15) is 18.0 Å². The quantitative estimate of drug-likeness (QED) is 0.820. The zero-order chi connectivity index (χ0) is 15.6. The van der Waals surface area contributed by atoms with Crippen molar-refractivity contribution < 1.29 is 22.7 Å². The molecular formula is C14H11BrF3NO2. The second-order valence-corrected chi connectivity index (χ2v) is 5.17. The molecule has 0 fully saturated rings. The van der Waals surface area contributed by atoms with Crippen LogP contribution in [0.15, 0.2) is 34.8 Å². The highest BCUT2D eigenvalue weighted by Gasteiger charge is 2.37. The van der Waals surface area contributed by atoms with E-state index in [0.717, 1.165) is 5.56 Å². The molecule has 1 aromatic heterocycles. The van der Waals surface area contributed by atoms with Gasteiger partial charge in [-0.05, 0) is 34.0 Å². The van der Waals surface area contributed by atoms with Crippen molar-refractivity contribution >= 4 is 21.9 Å². The van der Waals surface area contributed by atoms with Gasteiger partial charge in [0.05, 0.1) is 4.47 Å². The number of hydrogen-bond acceptors (Lipinski definition) is 2. The van der Waals surface area contributed by atoms with Crippen LogP contribution in [0.4, 0.5) is 13.2 Å². The lowest BCUT2D eigenvalue weighted by Gasteiger charge is -2.05. The zero-order valence-corrected chi connectivity index (χ0v) is 12.5. The highest BCUT2D eigenvalue weighted by molar-refractivity contribution is 9.10. The summed E-state index contributed by atoms with van der Waals surface area (Å²) in [4.78, 5) is 14.0. The van der Waals surface area contributed by atoms with E-state index in [2.05, 4.69) is 20.9 Å². The van der Waals surface area contributed by atoms with Crippen molar-refractivity contribution in [3.63, 3.8) is 0 Å². The van der Waals surface area contributed by atoms with Gasteiger partial charge in [0, 0.05) is 0 Å². The number of nitrogens with one attached hydrogen (secondary N) is 1. The number of rotatable bonds is 3. The van der Waals surface area contributed by atoms with Crippen molar-refractivity contribution in [1.82, 2.24) is 4.98 Å². The Morgan fingerprint density at radius 1 is 1.29 bits per heavy atom. The van der Waals surface area contributed by atoms with Crippen LogP contribution in [0.25, 0.3) is 0 Å². The number of ether oxygens (including phenoxy) is 1. The van der Waals surface area contributed by atoms with Crippen molar-refractivity contribution in [2.75, 3.05) is 0 Å². The van der Waals surface area contributed by atoms with E-state index in [1.807, 2.05) is 6.07 Å². The summed E-state index contributed by atoms with van der Waals surface area (Å²) in [6.07, 6.45) is -4.55. The van der Waals surface area contributed by atoms with E-state index in [4.69, 9.17) is 4.74 Å². The van der Waals surface area contributed by atoms with Crippen LogP contribution in [-0.4, -0.2) is 11.0 Å². The number of hydrogen-bond donors (Lipinski definition) is 1. The van der Waals surface area contributed by atoms with Gasteiger partial charge in [-0.3, -0.25) is 0 Å². The van der Waals surface area contributed by atoms with E-state index in [1.54, 1.807) is 24.3 Å². The van der Waals surface area contributed by atoms with Crippen molar-refractivity contribution in [3.8, 4) is 0 Å². The first-order valence-corrected chi connectivity index (χ1v) is 6.76. The summed E-state index contributed by atoms with van der Waals surface area (Å²) >= 11 is 2.99. The third-order valence-electron chi connectivity index (χ3n) is 2.87. The first-order valence-electron chi connectivity index (χ1n) is 5.97. The summed E-state index contributed by atoms with van der Waals surface area (Å²) in [7, 11) is 0. The summed E-state index contributed by atoms with van der Waals surface area (Å²) in [5, 5.41) is 0. The molecule has 7 heteroatoms. The molecule has 0 aliphatic heterocycles. The van der Waals surface area contributed by atoms with E-state index in [1.165, 1.54) is 6.92 Å². The Kier molecular flexibility index (Phi) is 4.41. The van der Waals surface area contributed by atoms with Crippen molar-refractivity contribution in [2.45, 2.75) is 19.7 Å². The van der Waals surface area contributed by atoms with Gasteiger partial charge in [0.2, 0.25) is 0 Å². The normalized spacial score (nSPS) is 11.5. The molecule has 0 spiro atoms. The highest BCUT2D eigenvalue weighted by Crippen LogP contribution is 2.36. The summed E-state index contributed by atoms with van der Waals surface area (Å²) in [6.45, 7) is 1.27. The van der Waals surface area contributed by atoms with Gasteiger partial charge < -0.3 is 9.72 Å². The largest absolute Gasteiger partial charge is 0.456 e. The molecule has 112 valence electrons. The number of esters is 1. The van der Waals surface area contributed by atoms with Crippen LogP contribution in [0.2, 0.25) is 0 Å². The summed E-state index contributed by atoms with van der Waals surface area (Å²) in [5.74, 6) is -0.843. The monoisotopic (exact) mass is 361 g/mol. The Morgan fingerprint density at radius 2 is 1.90 bits per heavy atom. The minimum absolute atomic E-state index is 0.00840. The highest BCUT2D eigenvalue weighted by atomic mass is 79.9. The fourth-order valence-corrected chi connectivity index (χ4v) is 2.25. The van der Waals surface area contributed by atoms with Crippen LogP contribution in [0.5, 0.6) is 0 Å². The van der Waals surface area contributed by atoms with Gasteiger partial charge in [-0.2, -0.15) is 13.2 Å². The van der Waals surface area contributed by atoms with Crippen molar-refractivity contribution in [3.05, 3.63) is 57.3 Å². The Morgan fingerprint density at radius 3 is 2.43 bits per heavy atom. The number of alkyl halides is 3. The molecule has 1 aromatic carbocycles. The molecule has 2 rings (SSSR count). The Labute approximate surface area is 127 Å². The maximum Gasteiger partial charge on any atom is 0.431 e. The number of carbonyl (C=O) groups is 1. The van der Waals surface area contributed by atoms with Gasteiger partial charge in [-0.1, -0.05) is 30.3 Å². The van der Waals surface area contributed by atoms with Gasteiger partial charge in [-0.25, -0.2) is 4.79 Å². The minimum Gasteiger partial charge on any atom is -0.456 e. The standard InChI is InChI=1S/C14H11BrF3NO2/c1-8-10(15)11(19-12(8)14(16,17)18)13(20)21-7-9-5-3-2-4-6-9/h2-6,19H,7H2,1H3. The smallest absolute Gasteiger partial charge is 0.431 e. The Bertz CT molecular complexity index is 650. The SMILES string of the molecule is Cc1c(C(F)(F)F)[nH]c(C(=O)OCc2ccccc2)c1Br. The number of benzene rings is 1. The van der Waals surface area contributed by atoms with Crippen LogP contribution < -0.4 is 0 Å². The molecule has 2 aromatic rings. The molecule has 0 atom stereocenters. The number of halogens is 4. The van der Waals surface area contributed by atoms with Crippen molar-refractivity contribution in [2.24, 2.45) is 0 Å². The average molecular weight is 362 g/mol. The molecule has 0 unspecified atom stereocenters. The lowest BCUT2D eigenvalue weighted by atomic mass is 10.2. The van der Waals surface area contributed by atoms with Crippen LogP contribution in [0.1, 0.15) is 27.3 Å². The Balaban J connectivity index is 2.17. The lowest BCUT2D eigenvalue weighted by Crippen LogP contribution is -2.09. The molecular weight excluding hydrogens is 351 g/mol. The second kappa shape index (κ2) is 5.93. The molecule has 0 saturated heterocycles. The predicted octanol–water partition coefficient (Wildman–Crippen LogP) is 4.46. The molecule has 1 heterocycles. The second-order valence-electron chi connectivity index (χ2n) is 4.37. The average Bonchev–Trinajstić information content (AvgIpc) is 2.74. The molecule has 0 radical (unpaired) electrons. The number of carbonyl (C=O) groups excluding carboxylic acids is 1. The first kappa shape index (κ1) is 15.6. The molecule has 0 amide bonds. The third-order valence-corrected chi connectivity index (χ3v) is 3.87. The molecule has 0 bridgehead atoms. The first-order chi connectivity index (χ1) is 9.80. The van der Waals surface area contributed by atoms with Crippen molar-refractivity contribution in [1.29, 1.82) is 0 Å². The van der Waals surface area contributed by atoms with Crippen LogP contribution in [0, 0.1) is 6.92 Å². The Hall–Kier alpha value is -1.76. The van der Waals surface area contributed by atoms with Gasteiger partial charge >= 0.3 is 12.1 Å². The van der Waals surface area contributed by atoms with E-state index >= 15 is 0 Å². The number of H-pyrrole nitrogens is 1. The van der Waals surface area contributed by atoms with E-state index in [0.29, 0.717) is 0 Å². The van der Waals surface area contributed by atoms with Crippen LogP contribution in [-0.2, 0) is 17.5 Å². The maximum absolute atomic E-state index is 12.8. The van der Waals surface area contributed by atoms with Gasteiger partial charge in [-0.15, -0.1) is 0 Å². The zero-order valence-electron chi connectivity index (χ0n) is 10.9. The molecule has 0 aliphatic rings. The molecule has 1 N–H and O–H groups in total. The predicted molar refractivity (Wildman–Crippen MR) is 73.8 cm³/mol. The molecule has 3 nitrogen and oxygen atoms in total. The third kappa shape index (κ3) is 3.47. The maximum atomic E-state index is 12.8. The minimum atomic E-state index is -4.55. The molecule has 0 aliphatic carbocycles. The topological polar surface area (TPSA) is 42.1 Å². The van der Waals surface area contributed by atoms with E-state index < -0.39 is 17.8 Å². The summed E-state index contributed by atoms with van der Waals surface area (Å²) in [5.41, 5.74) is -0.521. The van der Waals surface area contributed by atoms with Crippen LogP contribution >= 0.6 is 15.9 Å². The summed E-state index contributed by atoms with van der Waals surface area (Å²) < 4.78 is 43.3. The van der Waals surface area contributed by atoms with Gasteiger partial charge in [0.25, 0.3) is 0 Å². The number of aromatic nitrogens is 1. The fourth-order valence-electron chi connectivity index (χ4n) is 1.79. The van der Waals surface area contributed by atoms with Gasteiger partial charge in [0.15, 0.2) is 0 Å². The van der Waals surface area contributed by atoms with E-state index in [9.17, 15) is 18.0 Å². The molecule has 0 saturated carbocycles. The van der Waals surface area contributed by atoms with E-state index in [-0.39, 0.29) is 22.3 Å². The number of aromatic amines is 1.